The minimum absolute atomic E-state index is 0.340. The van der Waals surface area contributed by atoms with Gasteiger partial charge in [0.25, 0.3) is 0 Å². The van der Waals surface area contributed by atoms with Crippen LogP contribution < -0.4 is 5.32 Å². The van der Waals surface area contributed by atoms with Gasteiger partial charge in [0.2, 0.25) is 0 Å². The maximum Gasteiger partial charge on any atom is 0.145 e. The third-order valence-corrected chi connectivity index (χ3v) is 12.8. The van der Waals surface area contributed by atoms with Crippen LogP contribution in [-0.2, 0) is 0 Å². The van der Waals surface area contributed by atoms with Crippen LogP contribution in [0.5, 0.6) is 0 Å². The molecule has 1 N–H and O–H groups in total. The second kappa shape index (κ2) is 17.3. The number of benzene rings is 9. The summed E-state index contributed by atoms with van der Waals surface area (Å²) in [6, 6.07) is 85.4. The molecule has 1 aliphatic rings. The van der Waals surface area contributed by atoms with Gasteiger partial charge in [0.1, 0.15) is 17.3 Å². The largest absolute Gasteiger partial charge is 0.455 e. The second-order valence-corrected chi connectivity index (χ2v) is 16.9. The zero-order valence-electron chi connectivity index (χ0n) is 36.6. The molecule has 12 rings (SSSR count). The van der Waals surface area contributed by atoms with Crippen molar-refractivity contribution < 1.29 is 4.42 Å². The van der Waals surface area contributed by atoms with Gasteiger partial charge >= 0.3 is 0 Å². The Kier molecular flexibility index (Phi) is 10.2. The molecule has 4 nitrogen and oxygen atoms in total. The smallest absolute Gasteiger partial charge is 0.145 e. The van der Waals surface area contributed by atoms with Gasteiger partial charge < -0.3 is 9.73 Å². The van der Waals surface area contributed by atoms with Crippen LogP contribution in [-0.4, -0.2) is 10.7 Å². The number of nitrogens with zero attached hydrogens (tertiary/aromatic N) is 2. The van der Waals surface area contributed by atoms with Crippen LogP contribution in [0, 0.1) is 0 Å². The number of nitrogens with one attached hydrogen (secondary N) is 1. The molecule has 67 heavy (non-hydrogen) atoms. The summed E-state index contributed by atoms with van der Waals surface area (Å²) in [5, 5.41) is 6.08. The van der Waals surface area contributed by atoms with E-state index in [2.05, 4.69) is 236 Å². The summed E-state index contributed by atoms with van der Waals surface area (Å²) in [6.07, 6.45) is 1.83. The number of fused-ring (bicyclic) bond motifs is 3. The normalized spacial score (nSPS) is 13.5. The highest BCUT2D eigenvalue weighted by atomic mass is 16.3. The SMILES string of the molecule is C1=C(c2ccc(-c3cccc4c3oc3ccccc34)cc2)NC(c2ccc(-c3c(-c4ccccc4)c(-c4ccccc4)nc(-c4ccccc4)c3-c3ccccc3)cc2)N=C1c1ccccc1. The number of pyridine rings is 1. The van der Waals surface area contributed by atoms with Crippen molar-refractivity contribution in [1.82, 2.24) is 10.3 Å². The van der Waals surface area contributed by atoms with Crippen LogP contribution in [0.15, 0.2) is 258 Å². The van der Waals surface area contributed by atoms with E-state index in [1.807, 2.05) is 18.2 Å². The molecule has 1 unspecified atom stereocenters. The van der Waals surface area contributed by atoms with E-state index in [4.69, 9.17) is 14.4 Å². The summed E-state index contributed by atoms with van der Waals surface area (Å²) in [5.41, 5.74) is 19.7. The summed E-state index contributed by atoms with van der Waals surface area (Å²) < 4.78 is 6.41. The van der Waals surface area contributed by atoms with E-state index in [1.165, 1.54) is 0 Å². The van der Waals surface area contributed by atoms with E-state index < -0.39 is 0 Å². The number of hydrogen-bond acceptors (Lipinski definition) is 4. The van der Waals surface area contributed by atoms with E-state index in [1.54, 1.807) is 0 Å². The molecule has 1 aliphatic heterocycles. The fourth-order valence-corrected chi connectivity index (χ4v) is 9.52. The van der Waals surface area contributed by atoms with Gasteiger partial charge in [-0.3, -0.25) is 4.99 Å². The lowest BCUT2D eigenvalue weighted by Crippen LogP contribution is -2.24. The molecule has 0 saturated carbocycles. The Bertz CT molecular complexity index is 3500. The van der Waals surface area contributed by atoms with Gasteiger partial charge in [-0.2, -0.15) is 0 Å². The number of rotatable bonds is 9. The van der Waals surface area contributed by atoms with Gasteiger partial charge in [-0.1, -0.05) is 237 Å². The van der Waals surface area contributed by atoms with Gasteiger partial charge in [-0.15, -0.1) is 0 Å². The van der Waals surface area contributed by atoms with Crippen LogP contribution in [0.3, 0.4) is 0 Å². The Morgan fingerprint density at radius 2 is 0.821 bits per heavy atom. The Hall–Kier alpha value is -8.86. The lowest BCUT2D eigenvalue weighted by molar-refractivity contribution is 0.664. The minimum Gasteiger partial charge on any atom is -0.455 e. The van der Waals surface area contributed by atoms with Crippen molar-refractivity contribution in [2.45, 2.75) is 6.17 Å². The number of hydrogen-bond donors (Lipinski definition) is 1. The Labute approximate surface area is 389 Å². The average Bonchev–Trinajstić information content (AvgIpc) is 3.81. The first-order valence-electron chi connectivity index (χ1n) is 22.8. The molecule has 0 spiro atoms. The molecule has 0 aliphatic carbocycles. The van der Waals surface area contributed by atoms with E-state index in [0.29, 0.717) is 0 Å². The van der Waals surface area contributed by atoms with E-state index in [9.17, 15) is 0 Å². The molecule has 0 fully saturated rings. The van der Waals surface area contributed by atoms with Gasteiger partial charge in [0.05, 0.1) is 17.1 Å². The molecule has 2 aromatic heterocycles. The van der Waals surface area contributed by atoms with E-state index in [-0.39, 0.29) is 6.17 Å². The Morgan fingerprint density at radius 3 is 1.40 bits per heavy atom. The fourth-order valence-electron chi connectivity index (χ4n) is 9.52. The number of para-hydroxylation sites is 2. The number of aromatic nitrogens is 1. The maximum absolute atomic E-state index is 6.41. The molecule has 3 heterocycles. The number of furan rings is 1. The zero-order valence-corrected chi connectivity index (χ0v) is 36.6. The molecule has 11 aromatic rings. The molecule has 0 radical (unpaired) electrons. The topological polar surface area (TPSA) is 50.4 Å². The summed E-state index contributed by atoms with van der Waals surface area (Å²) in [6.45, 7) is 0. The average molecular weight is 858 g/mol. The summed E-state index contributed by atoms with van der Waals surface area (Å²) in [4.78, 5) is 11.0. The van der Waals surface area contributed by atoms with Crippen molar-refractivity contribution in [2.75, 3.05) is 0 Å². The van der Waals surface area contributed by atoms with Crippen molar-refractivity contribution in [1.29, 1.82) is 0 Å². The van der Waals surface area contributed by atoms with Gasteiger partial charge in [0, 0.05) is 49.9 Å². The third-order valence-electron chi connectivity index (χ3n) is 12.8. The second-order valence-electron chi connectivity index (χ2n) is 16.9. The standard InChI is InChI=1S/C63H43N3O/c1-6-19-43(20-7-1)54-41-55(44-35-33-42(34-36-44)51-30-18-31-53-52-29-16-17-32-56(52)67-62(51)53)65-63(64-54)50-39-37-47(38-40-50)57-58(45-21-8-2-9-22-45)60(48-25-12-4-13-26-48)66-61(49-27-14-5-15-28-49)59(57)46-23-10-3-11-24-46/h1-41,63,65H. The summed E-state index contributed by atoms with van der Waals surface area (Å²) in [5.74, 6) is 0. The molecular formula is C63H43N3O. The van der Waals surface area contributed by atoms with Crippen LogP contribution in [0.1, 0.15) is 22.9 Å². The highest BCUT2D eigenvalue weighted by Gasteiger charge is 2.26. The molecule has 0 amide bonds. The van der Waals surface area contributed by atoms with Crippen LogP contribution in [0.4, 0.5) is 0 Å². The lowest BCUT2D eigenvalue weighted by atomic mass is 9.83. The molecule has 1 atom stereocenters. The van der Waals surface area contributed by atoms with Crippen LogP contribution in [0.2, 0.25) is 0 Å². The first-order chi connectivity index (χ1) is 33.2. The monoisotopic (exact) mass is 857 g/mol. The number of aliphatic imine (C=N–C) groups is 1. The van der Waals surface area contributed by atoms with Gasteiger partial charge in [-0.25, -0.2) is 4.98 Å². The predicted molar refractivity (Wildman–Crippen MR) is 277 cm³/mol. The molecule has 0 saturated heterocycles. The van der Waals surface area contributed by atoms with E-state index >= 15 is 0 Å². The summed E-state index contributed by atoms with van der Waals surface area (Å²) >= 11 is 0. The minimum atomic E-state index is -0.340. The quantitative estimate of drug-likeness (QED) is 0.157. The summed E-state index contributed by atoms with van der Waals surface area (Å²) in [7, 11) is 0. The van der Waals surface area contributed by atoms with Gasteiger partial charge in [0.15, 0.2) is 0 Å². The molecule has 0 bridgehead atoms. The van der Waals surface area contributed by atoms with Crippen molar-refractivity contribution in [3.63, 3.8) is 0 Å². The molecule has 4 heteroatoms. The highest BCUT2D eigenvalue weighted by molar-refractivity contribution is 6.13. The van der Waals surface area contributed by atoms with Crippen LogP contribution in [0.25, 0.3) is 94.7 Å². The van der Waals surface area contributed by atoms with Crippen molar-refractivity contribution in [3.05, 3.63) is 265 Å². The first kappa shape index (κ1) is 39.7. The van der Waals surface area contributed by atoms with Crippen molar-refractivity contribution in [2.24, 2.45) is 4.99 Å². The highest BCUT2D eigenvalue weighted by Crippen LogP contribution is 2.49. The first-order valence-corrected chi connectivity index (χ1v) is 22.8. The fraction of sp³-hybridized carbons (Fsp3) is 0.0159. The zero-order chi connectivity index (χ0) is 44.5. The molecular weight excluding hydrogens is 815 g/mol. The van der Waals surface area contributed by atoms with E-state index in [0.717, 1.165) is 117 Å². The molecule has 316 valence electrons. The third kappa shape index (κ3) is 7.51. The Morgan fingerprint density at radius 1 is 0.358 bits per heavy atom. The lowest BCUT2D eigenvalue weighted by Gasteiger charge is -2.26. The molecule has 9 aromatic carbocycles. The van der Waals surface area contributed by atoms with Crippen molar-refractivity contribution in [3.8, 4) is 67.0 Å². The van der Waals surface area contributed by atoms with Crippen LogP contribution >= 0.6 is 0 Å². The maximum atomic E-state index is 6.41. The van der Waals surface area contributed by atoms with Gasteiger partial charge in [-0.05, 0) is 51.1 Å². The Balaban J connectivity index is 0.979. The number of allylic oxidation sites excluding steroid dienone is 1. The predicted octanol–water partition coefficient (Wildman–Crippen LogP) is 16.1. The van der Waals surface area contributed by atoms with Crippen molar-refractivity contribution >= 4 is 33.3 Å².